The van der Waals surface area contributed by atoms with Crippen molar-refractivity contribution in [1.29, 1.82) is 0 Å². The highest BCUT2D eigenvalue weighted by Crippen LogP contribution is 2.50. The number of hydrogen-bond acceptors (Lipinski definition) is 7. The lowest BCUT2D eigenvalue weighted by molar-refractivity contribution is -0.384. The van der Waals surface area contributed by atoms with E-state index >= 15 is 0 Å². The monoisotopic (exact) mass is 480 g/mol. The van der Waals surface area contributed by atoms with Crippen LogP contribution in [0.2, 0.25) is 0 Å². The molecule has 12 heteroatoms. The van der Waals surface area contributed by atoms with Crippen LogP contribution in [0.1, 0.15) is 30.7 Å². The van der Waals surface area contributed by atoms with Crippen molar-refractivity contribution in [1.82, 2.24) is 15.3 Å². The van der Waals surface area contributed by atoms with E-state index in [0.717, 1.165) is 0 Å². The number of aromatic nitrogens is 2. The number of thiophene rings is 1. The minimum Gasteiger partial charge on any atom is -0.480 e. The van der Waals surface area contributed by atoms with Crippen LogP contribution < -0.4 is 5.32 Å². The molecule has 1 fully saturated rings. The smallest absolute Gasteiger partial charge is 0.393 e. The fraction of sp³-hybridized carbons (Fsp3) is 0.381. The second kappa shape index (κ2) is 8.67. The number of nitrogens with one attached hydrogen (secondary N) is 1. The normalized spacial score (nSPS) is 23.5. The van der Waals surface area contributed by atoms with Gasteiger partial charge in [-0.2, -0.15) is 13.2 Å². The van der Waals surface area contributed by atoms with Crippen LogP contribution in [0.25, 0.3) is 10.2 Å². The molecule has 3 unspecified atom stereocenters. The standard InChI is InChI=1S/C21H19F3N4O4S/c22-21(23,24)16-9-14(25-10-12-2-1-3-15(8-12)28(31)32)4-6-20(16,19(29)30)18-26-11-13-5-7-33-17(13)27-18/h1-3,5,7-8,11,14,16,25H,4,6,9-10H2,(H,29,30). The van der Waals surface area contributed by atoms with Gasteiger partial charge >= 0.3 is 12.1 Å². The molecular weight excluding hydrogens is 461 g/mol. The van der Waals surface area contributed by atoms with Crippen LogP contribution in [0.5, 0.6) is 0 Å². The molecule has 8 nitrogen and oxygen atoms in total. The third-order valence-corrected chi connectivity index (χ3v) is 6.92. The number of carboxylic acid groups (broad SMARTS) is 1. The number of hydrogen-bond donors (Lipinski definition) is 2. The van der Waals surface area contributed by atoms with Gasteiger partial charge in [-0.05, 0) is 36.3 Å². The molecule has 1 aliphatic rings. The van der Waals surface area contributed by atoms with E-state index in [9.17, 15) is 33.2 Å². The summed E-state index contributed by atoms with van der Waals surface area (Å²) in [6.45, 7) is 0.120. The summed E-state index contributed by atoms with van der Waals surface area (Å²) in [4.78, 5) is 31.4. The number of halogens is 3. The molecule has 1 aliphatic carbocycles. The first-order chi connectivity index (χ1) is 15.6. The fourth-order valence-electron chi connectivity index (χ4n) is 4.41. The zero-order valence-electron chi connectivity index (χ0n) is 17.1. The van der Waals surface area contributed by atoms with E-state index in [-0.39, 0.29) is 30.9 Å². The van der Waals surface area contributed by atoms with Crippen molar-refractivity contribution in [3.8, 4) is 0 Å². The topological polar surface area (TPSA) is 118 Å². The van der Waals surface area contributed by atoms with Gasteiger partial charge in [0, 0.05) is 36.3 Å². The van der Waals surface area contributed by atoms with Crippen LogP contribution in [-0.2, 0) is 16.8 Å². The van der Waals surface area contributed by atoms with Crippen LogP contribution in [0.4, 0.5) is 18.9 Å². The second-order valence-electron chi connectivity index (χ2n) is 8.02. The first kappa shape index (κ1) is 23.1. The third kappa shape index (κ3) is 4.40. The molecule has 174 valence electrons. The molecule has 0 aliphatic heterocycles. The number of alkyl halides is 3. The van der Waals surface area contributed by atoms with Crippen LogP contribution in [0, 0.1) is 16.0 Å². The molecule has 3 aromatic rings. The Balaban J connectivity index is 1.61. The Kier molecular flexibility index (Phi) is 6.06. The summed E-state index contributed by atoms with van der Waals surface area (Å²) < 4.78 is 42.6. The Morgan fingerprint density at radius 1 is 1.36 bits per heavy atom. The largest absolute Gasteiger partial charge is 0.480 e. The highest BCUT2D eigenvalue weighted by Gasteiger charge is 2.62. The average molecular weight is 480 g/mol. The van der Waals surface area contributed by atoms with Crippen molar-refractivity contribution >= 4 is 33.2 Å². The number of benzene rings is 1. The highest BCUT2D eigenvalue weighted by molar-refractivity contribution is 7.16. The Bertz CT molecular complexity index is 1200. The minimum absolute atomic E-state index is 0.114. The number of carboxylic acids is 1. The fourth-order valence-corrected chi connectivity index (χ4v) is 5.15. The van der Waals surface area contributed by atoms with Gasteiger partial charge in [-0.1, -0.05) is 12.1 Å². The molecular formula is C21H19F3N4O4S. The lowest BCUT2D eigenvalue weighted by Crippen LogP contribution is -2.56. The minimum atomic E-state index is -4.79. The quantitative estimate of drug-likeness (QED) is 0.395. The first-order valence-electron chi connectivity index (χ1n) is 10.1. The summed E-state index contributed by atoms with van der Waals surface area (Å²) in [6.07, 6.45) is -4.05. The first-order valence-corrected chi connectivity index (χ1v) is 11.0. The molecule has 0 saturated heterocycles. The van der Waals surface area contributed by atoms with E-state index in [0.29, 0.717) is 15.8 Å². The molecule has 0 spiro atoms. The van der Waals surface area contributed by atoms with Crippen molar-refractivity contribution in [3.63, 3.8) is 0 Å². The van der Waals surface area contributed by atoms with E-state index in [1.165, 1.54) is 35.7 Å². The van der Waals surface area contributed by atoms with Gasteiger partial charge in [0.2, 0.25) is 0 Å². The lowest BCUT2D eigenvalue weighted by Gasteiger charge is -2.43. The molecule has 3 atom stereocenters. The van der Waals surface area contributed by atoms with E-state index in [1.807, 2.05) is 0 Å². The van der Waals surface area contributed by atoms with Crippen LogP contribution in [-0.4, -0.2) is 38.2 Å². The van der Waals surface area contributed by atoms with Gasteiger partial charge in [0.05, 0.1) is 10.8 Å². The summed E-state index contributed by atoms with van der Waals surface area (Å²) in [6, 6.07) is 6.90. The summed E-state index contributed by atoms with van der Waals surface area (Å²) in [5, 5.41) is 26.3. The number of aliphatic carboxylic acids is 1. The van der Waals surface area contributed by atoms with Crippen LogP contribution in [0.15, 0.2) is 41.9 Å². The van der Waals surface area contributed by atoms with Gasteiger partial charge in [0.25, 0.3) is 5.69 Å². The number of nitrogens with zero attached hydrogens (tertiary/aromatic N) is 3. The predicted molar refractivity (Wildman–Crippen MR) is 114 cm³/mol. The summed E-state index contributed by atoms with van der Waals surface area (Å²) >= 11 is 1.21. The summed E-state index contributed by atoms with van der Waals surface area (Å²) in [5.41, 5.74) is -1.86. The lowest BCUT2D eigenvalue weighted by atomic mass is 9.63. The molecule has 1 saturated carbocycles. The molecule has 1 aromatic carbocycles. The Morgan fingerprint density at radius 3 is 2.85 bits per heavy atom. The summed E-state index contributed by atoms with van der Waals surface area (Å²) in [7, 11) is 0. The maximum Gasteiger partial charge on any atom is 0.393 e. The number of rotatable bonds is 6. The van der Waals surface area contributed by atoms with Gasteiger partial charge in [0.15, 0.2) is 0 Å². The molecule has 0 amide bonds. The maximum atomic E-state index is 14.2. The molecule has 0 bridgehead atoms. The van der Waals surface area contributed by atoms with Gasteiger partial charge in [-0.3, -0.25) is 14.9 Å². The van der Waals surface area contributed by atoms with Gasteiger partial charge < -0.3 is 10.4 Å². The van der Waals surface area contributed by atoms with Crippen LogP contribution in [0.3, 0.4) is 0 Å². The molecule has 0 radical (unpaired) electrons. The molecule has 2 aromatic heterocycles. The van der Waals surface area contributed by atoms with Gasteiger partial charge in [-0.15, -0.1) is 11.3 Å². The van der Waals surface area contributed by atoms with E-state index in [2.05, 4.69) is 15.3 Å². The number of fused-ring (bicyclic) bond motifs is 1. The zero-order chi connectivity index (χ0) is 23.8. The Morgan fingerprint density at radius 2 is 2.15 bits per heavy atom. The zero-order valence-corrected chi connectivity index (χ0v) is 17.9. The van der Waals surface area contributed by atoms with E-state index in [4.69, 9.17) is 0 Å². The van der Waals surface area contributed by atoms with Crippen molar-refractivity contribution < 1.29 is 28.0 Å². The Hall–Kier alpha value is -3.12. The number of non-ortho nitro benzene ring substituents is 1. The van der Waals surface area contributed by atoms with Crippen molar-refractivity contribution in [2.45, 2.75) is 43.4 Å². The summed E-state index contributed by atoms with van der Waals surface area (Å²) in [5.74, 6) is -4.13. The molecule has 4 rings (SSSR count). The van der Waals surface area contributed by atoms with Gasteiger partial charge in [0.1, 0.15) is 16.1 Å². The SMILES string of the molecule is O=C(O)C1(c2ncc3ccsc3n2)CCC(NCc2cccc([N+](=O)[O-])c2)CC1C(F)(F)F. The maximum absolute atomic E-state index is 14.2. The van der Waals surface area contributed by atoms with E-state index in [1.54, 1.807) is 17.5 Å². The number of carbonyl (C=O) groups is 1. The number of nitro groups is 1. The average Bonchev–Trinajstić information content (AvgIpc) is 3.25. The second-order valence-corrected chi connectivity index (χ2v) is 8.92. The van der Waals surface area contributed by atoms with Crippen molar-refractivity contribution in [2.75, 3.05) is 0 Å². The van der Waals surface area contributed by atoms with E-state index < -0.39 is 40.9 Å². The third-order valence-electron chi connectivity index (χ3n) is 6.10. The van der Waals surface area contributed by atoms with Crippen molar-refractivity contribution in [2.24, 2.45) is 5.92 Å². The van der Waals surface area contributed by atoms with Crippen LogP contribution >= 0.6 is 11.3 Å². The number of nitro benzene ring substituents is 1. The molecule has 2 N–H and O–H groups in total. The van der Waals surface area contributed by atoms with Crippen molar-refractivity contribution in [3.05, 3.63) is 63.4 Å². The highest BCUT2D eigenvalue weighted by atomic mass is 32.1. The van der Waals surface area contributed by atoms with Gasteiger partial charge in [-0.25, -0.2) is 9.97 Å². The Labute approximate surface area is 189 Å². The predicted octanol–water partition coefficient (Wildman–Crippen LogP) is 4.44. The molecule has 2 heterocycles. The molecule has 33 heavy (non-hydrogen) atoms.